The molecule has 0 saturated carbocycles. The van der Waals surface area contributed by atoms with E-state index in [1.807, 2.05) is 6.07 Å². The Morgan fingerprint density at radius 1 is 1.00 bits per heavy atom. The number of furan rings is 2. The first kappa shape index (κ1) is 14.6. The minimum atomic E-state index is -0.324. The van der Waals surface area contributed by atoms with E-state index in [2.05, 4.69) is 10.6 Å². The lowest BCUT2D eigenvalue weighted by Gasteiger charge is -2.07. The molecule has 0 aliphatic rings. The number of carbonyl (C=O) groups excluding carboxylic acids is 2. The van der Waals surface area contributed by atoms with Crippen LogP contribution in [-0.4, -0.2) is 11.8 Å². The van der Waals surface area contributed by atoms with Crippen molar-refractivity contribution in [3.05, 3.63) is 78.1 Å². The maximum Gasteiger partial charge on any atom is 0.291 e. The standard InChI is InChI=1S/C17H14N2O4/c20-16(13-6-8-22-11-13)18-10-12-3-1-4-14(9-12)19-17(21)15-5-2-7-23-15/h1-9,11H,10H2,(H,18,20)(H,19,21). The second kappa shape index (κ2) is 6.65. The van der Waals surface area contributed by atoms with E-state index in [-0.39, 0.29) is 17.6 Å². The fourth-order valence-corrected chi connectivity index (χ4v) is 2.04. The van der Waals surface area contributed by atoms with E-state index in [0.29, 0.717) is 17.8 Å². The van der Waals surface area contributed by atoms with Gasteiger partial charge in [-0.25, -0.2) is 0 Å². The molecule has 2 amide bonds. The highest BCUT2D eigenvalue weighted by Crippen LogP contribution is 2.13. The molecule has 2 heterocycles. The summed E-state index contributed by atoms with van der Waals surface area (Å²) in [6.07, 6.45) is 4.27. The fraction of sp³-hybridized carbons (Fsp3) is 0.0588. The van der Waals surface area contributed by atoms with Gasteiger partial charge in [0.2, 0.25) is 0 Å². The molecule has 1 aromatic carbocycles. The zero-order valence-corrected chi connectivity index (χ0v) is 12.1. The summed E-state index contributed by atoms with van der Waals surface area (Å²) in [5.41, 5.74) is 1.95. The maximum atomic E-state index is 11.9. The van der Waals surface area contributed by atoms with Crippen LogP contribution in [0.3, 0.4) is 0 Å². The monoisotopic (exact) mass is 310 g/mol. The molecule has 0 radical (unpaired) electrons. The van der Waals surface area contributed by atoms with Gasteiger partial charge in [-0.3, -0.25) is 9.59 Å². The van der Waals surface area contributed by atoms with Crippen molar-refractivity contribution in [2.75, 3.05) is 5.32 Å². The molecular formula is C17H14N2O4. The highest BCUT2D eigenvalue weighted by Gasteiger charge is 2.09. The predicted molar refractivity (Wildman–Crippen MR) is 83.0 cm³/mol. The second-order valence-electron chi connectivity index (χ2n) is 4.83. The van der Waals surface area contributed by atoms with Gasteiger partial charge in [0.05, 0.1) is 18.1 Å². The SMILES string of the molecule is O=C(NCc1cccc(NC(=O)c2ccco2)c1)c1ccoc1. The molecule has 0 spiro atoms. The van der Waals surface area contributed by atoms with Crippen LogP contribution in [-0.2, 0) is 6.54 Å². The van der Waals surface area contributed by atoms with Crippen LogP contribution in [0.5, 0.6) is 0 Å². The molecule has 0 fully saturated rings. The summed E-state index contributed by atoms with van der Waals surface area (Å²) in [6, 6.07) is 12.0. The van der Waals surface area contributed by atoms with Gasteiger partial charge in [-0.1, -0.05) is 12.1 Å². The van der Waals surface area contributed by atoms with Crippen molar-refractivity contribution < 1.29 is 18.4 Å². The van der Waals surface area contributed by atoms with Crippen LogP contribution in [0.15, 0.2) is 70.1 Å². The molecule has 116 valence electrons. The van der Waals surface area contributed by atoms with Crippen molar-refractivity contribution in [1.29, 1.82) is 0 Å². The van der Waals surface area contributed by atoms with Crippen LogP contribution in [0.25, 0.3) is 0 Å². The van der Waals surface area contributed by atoms with Gasteiger partial charge in [-0.2, -0.15) is 0 Å². The Morgan fingerprint density at radius 2 is 1.91 bits per heavy atom. The molecule has 2 N–H and O–H groups in total. The van der Waals surface area contributed by atoms with Crippen LogP contribution in [0.4, 0.5) is 5.69 Å². The van der Waals surface area contributed by atoms with Crippen molar-refractivity contribution in [3.8, 4) is 0 Å². The lowest BCUT2D eigenvalue weighted by Crippen LogP contribution is -2.22. The number of benzene rings is 1. The van der Waals surface area contributed by atoms with Gasteiger partial charge >= 0.3 is 0 Å². The smallest absolute Gasteiger partial charge is 0.291 e. The van der Waals surface area contributed by atoms with E-state index in [9.17, 15) is 9.59 Å². The van der Waals surface area contributed by atoms with E-state index in [1.165, 1.54) is 18.8 Å². The molecule has 2 aromatic heterocycles. The maximum absolute atomic E-state index is 11.9. The molecule has 23 heavy (non-hydrogen) atoms. The van der Waals surface area contributed by atoms with Gasteiger partial charge in [0.25, 0.3) is 11.8 Å². The number of hydrogen-bond donors (Lipinski definition) is 2. The molecule has 0 bridgehead atoms. The summed E-state index contributed by atoms with van der Waals surface area (Å²) in [5, 5.41) is 5.52. The zero-order chi connectivity index (χ0) is 16.1. The number of amides is 2. The van der Waals surface area contributed by atoms with Gasteiger partial charge in [-0.05, 0) is 35.9 Å². The molecule has 6 nitrogen and oxygen atoms in total. The van der Waals surface area contributed by atoms with Crippen LogP contribution in [0.2, 0.25) is 0 Å². The Hall–Kier alpha value is -3.28. The van der Waals surface area contributed by atoms with Gasteiger partial charge in [0, 0.05) is 12.2 Å². The minimum Gasteiger partial charge on any atom is -0.472 e. The molecule has 3 aromatic rings. The summed E-state index contributed by atoms with van der Waals surface area (Å²) < 4.78 is 9.91. The van der Waals surface area contributed by atoms with Gasteiger partial charge in [0.15, 0.2) is 5.76 Å². The average Bonchev–Trinajstić information content (AvgIpc) is 3.25. The van der Waals surface area contributed by atoms with Gasteiger partial charge < -0.3 is 19.5 Å². The second-order valence-corrected chi connectivity index (χ2v) is 4.83. The Balaban J connectivity index is 1.61. The number of anilines is 1. The van der Waals surface area contributed by atoms with Crippen molar-refractivity contribution in [1.82, 2.24) is 5.32 Å². The van der Waals surface area contributed by atoms with Crippen molar-refractivity contribution >= 4 is 17.5 Å². The highest BCUT2D eigenvalue weighted by atomic mass is 16.3. The van der Waals surface area contributed by atoms with Crippen molar-refractivity contribution in [2.24, 2.45) is 0 Å². The van der Waals surface area contributed by atoms with Crippen molar-refractivity contribution in [2.45, 2.75) is 6.54 Å². The summed E-state index contributed by atoms with van der Waals surface area (Å²) in [7, 11) is 0. The van der Waals surface area contributed by atoms with Gasteiger partial charge in [0.1, 0.15) is 6.26 Å². The van der Waals surface area contributed by atoms with Crippen LogP contribution < -0.4 is 10.6 Å². The highest BCUT2D eigenvalue weighted by molar-refractivity contribution is 6.02. The Morgan fingerprint density at radius 3 is 2.65 bits per heavy atom. The largest absolute Gasteiger partial charge is 0.472 e. The molecule has 0 aliphatic carbocycles. The molecule has 0 saturated heterocycles. The number of hydrogen-bond acceptors (Lipinski definition) is 4. The Bertz CT molecular complexity index is 792. The minimum absolute atomic E-state index is 0.219. The van der Waals surface area contributed by atoms with Gasteiger partial charge in [-0.15, -0.1) is 0 Å². The quantitative estimate of drug-likeness (QED) is 0.758. The molecule has 0 unspecified atom stereocenters. The topological polar surface area (TPSA) is 84.5 Å². The summed E-state index contributed by atoms with van der Waals surface area (Å²) in [4.78, 5) is 23.8. The van der Waals surface area contributed by atoms with E-state index >= 15 is 0 Å². The third-order valence-corrected chi connectivity index (χ3v) is 3.17. The first-order chi connectivity index (χ1) is 11.2. The third-order valence-electron chi connectivity index (χ3n) is 3.17. The van der Waals surface area contributed by atoms with E-state index in [0.717, 1.165) is 5.56 Å². The van der Waals surface area contributed by atoms with Crippen LogP contribution in [0.1, 0.15) is 26.5 Å². The fourth-order valence-electron chi connectivity index (χ4n) is 2.04. The first-order valence-electron chi connectivity index (χ1n) is 6.96. The molecule has 0 aliphatic heterocycles. The summed E-state index contributed by atoms with van der Waals surface area (Å²) in [6.45, 7) is 0.342. The average molecular weight is 310 g/mol. The predicted octanol–water partition coefficient (Wildman–Crippen LogP) is 3.05. The molecule has 0 atom stereocenters. The number of rotatable bonds is 5. The lowest BCUT2D eigenvalue weighted by atomic mass is 10.2. The Labute approximate surface area is 132 Å². The third kappa shape index (κ3) is 3.68. The van der Waals surface area contributed by atoms with Crippen LogP contribution >= 0.6 is 0 Å². The van der Waals surface area contributed by atoms with Crippen LogP contribution in [0, 0.1) is 0 Å². The molecule has 3 rings (SSSR count). The molecule has 6 heteroatoms. The first-order valence-corrected chi connectivity index (χ1v) is 6.96. The van der Waals surface area contributed by atoms with E-state index in [4.69, 9.17) is 8.83 Å². The molecular weight excluding hydrogens is 296 g/mol. The number of nitrogens with one attached hydrogen (secondary N) is 2. The van der Waals surface area contributed by atoms with E-state index < -0.39 is 0 Å². The zero-order valence-electron chi connectivity index (χ0n) is 12.1. The number of carbonyl (C=O) groups is 2. The summed E-state index contributed by atoms with van der Waals surface area (Å²) >= 11 is 0. The summed E-state index contributed by atoms with van der Waals surface area (Å²) in [5.74, 6) is -0.304. The normalized spacial score (nSPS) is 10.3. The lowest BCUT2D eigenvalue weighted by molar-refractivity contribution is 0.0949. The van der Waals surface area contributed by atoms with Crippen molar-refractivity contribution in [3.63, 3.8) is 0 Å². The van der Waals surface area contributed by atoms with E-state index in [1.54, 1.807) is 36.4 Å². The Kier molecular flexibility index (Phi) is 4.24.